The number of aliphatic hydroxyl groups excluding tert-OH is 1. The number of likely N-dealkylation sites (tertiary alicyclic amines) is 1. The van der Waals surface area contributed by atoms with Crippen LogP contribution in [0.1, 0.15) is 19.3 Å². The van der Waals surface area contributed by atoms with E-state index < -0.39 is 11.5 Å². The molecule has 1 aliphatic heterocycles. The summed E-state index contributed by atoms with van der Waals surface area (Å²) in [7, 11) is 0. The molecule has 70 valence electrons. The summed E-state index contributed by atoms with van der Waals surface area (Å²) in [6, 6.07) is 2.07. The van der Waals surface area contributed by atoms with Gasteiger partial charge in [0.25, 0.3) is 0 Å². The Bertz CT molecular complexity index is 278. The third-order valence-electron chi connectivity index (χ3n) is 2.82. The number of rotatable bonds is 1. The summed E-state index contributed by atoms with van der Waals surface area (Å²) in [5, 5.41) is 18.0. The Hall–Kier alpha value is -1.08. The highest BCUT2D eigenvalue weighted by Gasteiger charge is 2.53. The molecule has 0 radical (unpaired) electrons. The molecule has 1 saturated heterocycles. The molecule has 0 aromatic heterocycles. The highest BCUT2D eigenvalue weighted by Crippen LogP contribution is 2.46. The summed E-state index contributed by atoms with van der Waals surface area (Å²) in [5.41, 5.74) is -0.718. The van der Waals surface area contributed by atoms with E-state index in [1.165, 1.54) is 0 Å². The first kappa shape index (κ1) is 8.52. The van der Waals surface area contributed by atoms with Gasteiger partial charge in [0, 0.05) is 13.1 Å². The van der Waals surface area contributed by atoms with E-state index in [-0.39, 0.29) is 5.91 Å². The molecule has 1 saturated carbocycles. The van der Waals surface area contributed by atoms with E-state index in [4.69, 9.17) is 5.26 Å². The van der Waals surface area contributed by atoms with Gasteiger partial charge >= 0.3 is 0 Å². The van der Waals surface area contributed by atoms with Gasteiger partial charge in [0.05, 0.1) is 12.2 Å². The molecule has 0 bridgehead atoms. The van der Waals surface area contributed by atoms with Crippen molar-refractivity contribution in [2.24, 2.45) is 5.41 Å². The van der Waals surface area contributed by atoms with Gasteiger partial charge in [0.15, 0.2) is 0 Å². The van der Waals surface area contributed by atoms with E-state index in [1.807, 2.05) is 0 Å². The molecule has 4 heteroatoms. The van der Waals surface area contributed by atoms with Gasteiger partial charge in [-0.3, -0.25) is 4.79 Å². The second-order valence-corrected chi connectivity index (χ2v) is 3.89. The molecule has 1 unspecified atom stereocenters. The van der Waals surface area contributed by atoms with Crippen molar-refractivity contribution in [3.05, 3.63) is 0 Å². The molecule has 2 fully saturated rings. The Balaban J connectivity index is 2.03. The second-order valence-electron chi connectivity index (χ2n) is 3.89. The van der Waals surface area contributed by atoms with Gasteiger partial charge in [-0.05, 0) is 19.3 Å². The van der Waals surface area contributed by atoms with Crippen molar-refractivity contribution in [2.45, 2.75) is 25.4 Å². The average molecular weight is 180 g/mol. The highest BCUT2D eigenvalue weighted by atomic mass is 16.3. The molecule has 1 N–H and O–H groups in total. The zero-order valence-corrected chi connectivity index (χ0v) is 7.36. The number of carbonyl (C=O) groups is 1. The van der Waals surface area contributed by atoms with Crippen LogP contribution in [0.25, 0.3) is 0 Å². The summed E-state index contributed by atoms with van der Waals surface area (Å²) < 4.78 is 0. The lowest BCUT2D eigenvalue weighted by Crippen LogP contribution is -2.35. The van der Waals surface area contributed by atoms with Crippen LogP contribution in [0.15, 0.2) is 0 Å². The second kappa shape index (κ2) is 2.71. The number of hydrogen-bond acceptors (Lipinski definition) is 3. The molecule has 0 spiro atoms. The first-order valence-corrected chi connectivity index (χ1v) is 4.57. The topological polar surface area (TPSA) is 64.3 Å². The minimum absolute atomic E-state index is 0.0773. The van der Waals surface area contributed by atoms with Crippen molar-refractivity contribution in [3.8, 4) is 6.07 Å². The monoisotopic (exact) mass is 180 g/mol. The first-order valence-electron chi connectivity index (χ1n) is 4.57. The average Bonchev–Trinajstić information content (AvgIpc) is 2.82. The Kier molecular flexibility index (Phi) is 1.77. The van der Waals surface area contributed by atoms with Gasteiger partial charge in [-0.1, -0.05) is 0 Å². The van der Waals surface area contributed by atoms with Crippen molar-refractivity contribution in [1.29, 1.82) is 5.26 Å². The van der Waals surface area contributed by atoms with Crippen LogP contribution < -0.4 is 0 Å². The van der Waals surface area contributed by atoms with Gasteiger partial charge in [-0.15, -0.1) is 0 Å². The Morgan fingerprint density at radius 3 is 2.69 bits per heavy atom. The standard InChI is InChI=1S/C9H12N2O2/c10-6-9(2-3-9)8(13)11-4-1-7(12)5-11/h7,12H,1-5H2. The van der Waals surface area contributed by atoms with Crippen molar-refractivity contribution in [1.82, 2.24) is 4.90 Å². The smallest absolute Gasteiger partial charge is 0.243 e. The lowest BCUT2D eigenvalue weighted by molar-refractivity contribution is -0.134. The van der Waals surface area contributed by atoms with Crippen molar-refractivity contribution < 1.29 is 9.90 Å². The Morgan fingerprint density at radius 2 is 2.31 bits per heavy atom. The van der Waals surface area contributed by atoms with E-state index in [2.05, 4.69) is 6.07 Å². The van der Waals surface area contributed by atoms with Gasteiger partial charge in [0.2, 0.25) is 5.91 Å². The fourth-order valence-corrected chi connectivity index (χ4v) is 1.73. The molecule has 1 aliphatic carbocycles. The normalized spacial score (nSPS) is 29.8. The SMILES string of the molecule is N#CC1(C(=O)N2CCC(O)C2)CC1. The van der Waals surface area contributed by atoms with Crippen LogP contribution in [0, 0.1) is 16.7 Å². The van der Waals surface area contributed by atoms with Gasteiger partial charge in [-0.25, -0.2) is 0 Å². The number of β-amino-alcohol motifs (C(OH)–C–C–N with tert-alkyl or cyclic N) is 1. The number of carbonyl (C=O) groups excluding carboxylic acids is 1. The van der Waals surface area contributed by atoms with Crippen LogP contribution in [-0.2, 0) is 4.79 Å². The Morgan fingerprint density at radius 1 is 1.62 bits per heavy atom. The summed E-state index contributed by atoms with van der Waals surface area (Å²) in [6.07, 6.45) is 1.63. The first-order chi connectivity index (χ1) is 6.18. The zero-order chi connectivity index (χ0) is 9.47. The minimum Gasteiger partial charge on any atom is -0.391 e. The summed E-state index contributed by atoms with van der Waals surface area (Å²) in [6.45, 7) is 1.01. The molecule has 0 aromatic rings. The third-order valence-corrected chi connectivity index (χ3v) is 2.82. The number of amides is 1. The molecular formula is C9H12N2O2. The lowest BCUT2D eigenvalue weighted by Gasteiger charge is -2.17. The lowest BCUT2D eigenvalue weighted by atomic mass is 10.1. The number of aliphatic hydroxyl groups is 1. The maximum atomic E-state index is 11.7. The molecule has 2 aliphatic rings. The van der Waals surface area contributed by atoms with E-state index >= 15 is 0 Å². The predicted molar refractivity (Wildman–Crippen MR) is 44.5 cm³/mol. The van der Waals surface area contributed by atoms with Crippen molar-refractivity contribution in [3.63, 3.8) is 0 Å². The van der Waals surface area contributed by atoms with Crippen LogP contribution in [0.5, 0.6) is 0 Å². The van der Waals surface area contributed by atoms with Crippen LogP contribution in [0.4, 0.5) is 0 Å². The minimum atomic E-state index is -0.718. The fraction of sp³-hybridized carbons (Fsp3) is 0.778. The molecular weight excluding hydrogens is 168 g/mol. The van der Waals surface area contributed by atoms with Gasteiger partial charge in [-0.2, -0.15) is 5.26 Å². The number of hydrogen-bond donors (Lipinski definition) is 1. The van der Waals surface area contributed by atoms with Crippen molar-refractivity contribution >= 4 is 5.91 Å². The summed E-state index contributed by atoms with van der Waals surface area (Å²) in [4.78, 5) is 13.3. The summed E-state index contributed by atoms with van der Waals surface area (Å²) in [5.74, 6) is -0.0773. The summed E-state index contributed by atoms with van der Waals surface area (Å²) >= 11 is 0. The maximum Gasteiger partial charge on any atom is 0.243 e. The largest absolute Gasteiger partial charge is 0.391 e. The molecule has 0 aromatic carbocycles. The third kappa shape index (κ3) is 1.29. The van der Waals surface area contributed by atoms with Crippen LogP contribution in [-0.4, -0.2) is 35.1 Å². The van der Waals surface area contributed by atoms with E-state index in [0.717, 1.165) is 0 Å². The fourth-order valence-electron chi connectivity index (χ4n) is 1.73. The van der Waals surface area contributed by atoms with E-state index in [0.29, 0.717) is 32.4 Å². The maximum absolute atomic E-state index is 11.7. The zero-order valence-electron chi connectivity index (χ0n) is 7.36. The van der Waals surface area contributed by atoms with Crippen LogP contribution in [0.2, 0.25) is 0 Å². The number of nitriles is 1. The van der Waals surface area contributed by atoms with E-state index in [9.17, 15) is 9.90 Å². The molecule has 1 amide bonds. The number of nitrogens with zero attached hydrogens (tertiary/aromatic N) is 2. The van der Waals surface area contributed by atoms with Gasteiger partial charge < -0.3 is 10.0 Å². The highest BCUT2D eigenvalue weighted by molar-refractivity contribution is 5.88. The van der Waals surface area contributed by atoms with Crippen LogP contribution >= 0.6 is 0 Å². The van der Waals surface area contributed by atoms with E-state index in [1.54, 1.807) is 4.90 Å². The molecule has 4 nitrogen and oxygen atoms in total. The van der Waals surface area contributed by atoms with Crippen LogP contribution in [0.3, 0.4) is 0 Å². The Labute approximate surface area is 76.8 Å². The molecule has 2 rings (SSSR count). The molecule has 1 heterocycles. The van der Waals surface area contributed by atoms with Gasteiger partial charge in [0.1, 0.15) is 5.41 Å². The molecule has 13 heavy (non-hydrogen) atoms. The quantitative estimate of drug-likeness (QED) is 0.612. The van der Waals surface area contributed by atoms with Crippen molar-refractivity contribution in [2.75, 3.05) is 13.1 Å². The molecule has 1 atom stereocenters. The predicted octanol–water partition coefficient (Wildman–Crippen LogP) is -0.117.